The van der Waals surface area contributed by atoms with Crippen molar-refractivity contribution in [3.63, 3.8) is 0 Å². The molecule has 1 saturated heterocycles. The molecule has 2 fully saturated rings. The first-order valence-corrected chi connectivity index (χ1v) is 13.4. The molecule has 0 spiro atoms. The maximum Gasteiger partial charge on any atom is 0.310 e. The molecule has 0 radical (unpaired) electrons. The molecule has 3 aliphatic rings. The number of nitrogens with zero attached hydrogens (tertiary/aromatic N) is 5. The third kappa shape index (κ3) is 4.04. The monoisotopic (exact) mass is 525 g/mol. The second-order valence-electron chi connectivity index (χ2n) is 10.9. The molecule has 1 N–H and O–H groups in total. The van der Waals surface area contributed by atoms with E-state index in [0.717, 1.165) is 25.0 Å². The highest BCUT2D eigenvalue weighted by molar-refractivity contribution is 5.93. The fourth-order valence-electron chi connectivity index (χ4n) is 5.86. The van der Waals surface area contributed by atoms with E-state index in [-0.39, 0.29) is 11.9 Å². The number of carbonyl (C=O) groups is 2. The molecule has 2 aromatic heterocycles. The highest BCUT2D eigenvalue weighted by Gasteiger charge is 2.34. The summed E-state index contributed by atoms with van der Waals surface area (Å²) >= 11 is 0. The molecule has 2 aromatic carbocycles. The molecule has 0 unspecified atom stereocenters. The van der Waals surface area contributed by atoms with E-state index >= 15 is 4.39 Å². The van der Waals surface area contributed by atoms with E-state index in [1.54, 1.807) is 22.7 Å². The summed E-state index contributed by atoms with van der Waals surface area (Å²) in [4.78, 5) is 33.3. The molecule has 1 saturated carbocycles. The summed E-state index contributed by atoms with van der Waals surface area (Å²) in [6, 6.07) is 16.7. The van der Waals surface area contributed by atoms with Gasteiger partial charge in [0, 0.05) is 48.6 Å². The normalized spacial score (nSPS) is 19.2. The highest BCUT2D eigenvalue weighted by atomic mass is 19.1. The fraction of sp³-hybridized carbons (Fsp3) is 0.333. The summed E-state index contributed by atoms with van der Waals surface area (Å²) in [7, 11) is 0. The number of carbonyl (C=O) groups excluding carboxylic acids is 1. The van der Waals surface area contributed by atoms with Crippen LogP contribution in [0.5, 0.6) is 0 Å². The Morgan fingerprint density at radius 3 is 2.59 bits per heavy atom. The van der Waals surface area contributed by atoms with Crippen molar-refractivity contribution >= 4 is 23.2 Å². The average molecular weight is 526 g/mol. The first-order chi connectivity index (χ1) is 18.9. The number of rotatable bonds is 5. The van der Waals surface area contributed by atoms with Crippen LogP contribution in [0.3, 0.4) is 0 Å². The first kappa shape index (κ1) is 23.8. The van der Waals surface area contributed by atoms with Crippen molar-refractivity contribution in [2.45, 2.75) is 38.1 Å². The molecule has 1 aliphatic carbocycles. The Labute approximate surface area is 224 Å². The minimum absolute atomic E-state index is 0.0462. The number of halogens is 1. The molecule has 4 aromatic rings. The van der Waals surface area contributed by atoms with Crippen molar-refractivity contribution < 1.29 is 19.1 Å². The Morgan fingerprint density at radius 1 is 1.05 bits per heavy atom. The van der Waals surface area contributed by atoms with Crippen molar-refractivity contribution in [3.05, 3.63) is 82.9 Å². The lowest BCUT2D eigenvalue weighted by Crippen LogP contribution is -2.50. The number of anilines is 1. The van der Waals surface area contributed by atoms with Gasteiger partial charge in [-0.15, -0.1) is 0 Å². The number of fused-ring (bicyclic) bond motifs is 2. The van der Waals surface area contributed by atoms with Gasteiger partial charge in [0.2, 0.25) is 0 Å². The van der Waals surface area contributed by atoms with Gasteiger partial charge in [-0.25, -0.2) is 13.9 Å². The molecule has 9 heteroatoms. The van der Waals surface area contributed by atoms with E-state index in [9.17, 15) is 9.59 Å². The highest BCUT2D eigenvalue weighted by Crippen LogP contribution is 2.41. The Balaban J connectivity index is 1.21. The van der Waals surface area contributed by atoms with Crippen LogP contribution in [0, 0.1) is 11.7 Å². The molecule has 4 heterocycles. The van der Waals surface area contributed by atoms with E-state index in [1.807, 2.05) is 28.0 Å². The van der Waals surface area contributed by atoms with Gasteiger partial charge in [0.25, 0.3) is 5.91 Å². The lowest BCUT2D eigenvalue weighted by atomic mass is 9.93. The lowest BCUT2D eigenvalue weighted by Gasteiger charge is -2.38. The van der Waals surface area contributed by atoms with E-state index < -0.39 is 17.7 Å². The topological polar surface area (TPSA) is 91.0 Å². The summed E-state index contributed by atoms with van der Waals surface area (Å²) in [5.41, 5.74) is 5.74. The Morgan fingerprint density at radius 2 is 1.85 bits per heavy atom. The summed E-state index contributed by atoms with van der Waals surface area (Å²) in [5.74, 6) is -1.48. The number of amides is 1. The van der Waals surface area contributed by atoms with Crippen LogP contribution in [-0.4, -0.2) is 56.1 Å². The Hall–Kier alpha value is -4.27. The molecule has 7 rings (SSSR count). The fourth-order valence-corrected chi connectivity index (χ4v) is 5.86. The van der Waals surface area contributed by atoms with Gasteiger partial charge in [0.1, 0.15) is 11.5 Å². The van der Waals surface area contributed by atoms with Gasteiger partial charge in [-0.1, -0.05) is 24.3 Å². The van der Waals surface area contributed by atoms with Crippen LogP contribution in [0.15, 0.2) is 54.6 Å². The maximum absolute atomic E-state index is 15.3. The second-order valence-corrected chi connectivity index (χ2v) is 10.9. The van der Waals surface area contributed by atoms with Crippen molar-refractivity contribution in [1.29, 1.82) is 0 Å². The minimum atomic E-state index is -0.829. The van der Waals surface area contributed by atoms with Gasteiger partial charge in [-0.3, -0.25) is 9.59 Å². The van der Waals surface area contributed by atoms with Gasteiger partial charge in [-0.05, 0) is 61.6 Å². The maximum atomic E-state index is 15.3. The number of hydrogen-bond acceptors (Lipinski definition) is 5. The van der Waals surface area contributed by atoms with Crippen LogP contribution in [0.25, 0.3) is 16.9 Å². The molecule has 0 bridgehead atoms. The van der Waals surface area contributed by atoms with Crippen LogP contribution in [0.1, 0.15) is 59.0 Å². The number of hydrogen-bond donors (Lipinski definition) is 1. The number of carboxylic acid groups (broad SMARTS) is 1. The Kier molecular flexibility index (Phi) is 5.43. The molecule has 2 aliphatic heterocycles. The number of benzene rings is 2. The minimum Gasteiger partial charge on any atom is -0.481 e. The first-order valence-electron chi connectivity index (χ1n) is 13.4. The Bertz CT molecular complexity index is 1640. The van der Waals surface area contributed by atoms with Gasteiger partial charge < -0.3 is 14.9 Å². The number of carboxylic acids is 1. The standard InChI is InChI=1S/C30H28FN5O3/c1-17-22-5-3-2-4-18(22)10-11-35(17)29(37)26-13-27(19-6-7-19)36-28(32-26)14-25(33-36)23-9-8-21(12-24(23)31)34-15-20(16-34)30(38)39/h2-5,8-9,12-14,17,19-20H,6-7,10-11,15-16H2,1H3,(H,38,39)/t17-/m1/s1. The quantitative estimate of drug-likeness (QED) is 0.407. The van der Waals surface area contributed by atoms with E-state index in [2.05, 4.69) is 19.1 Å². The molecular weight excluding hydrogens is 497 g/mol. The molecule has 8 nitrogen and oxygen atoms in total. The third-order valence-electron chi connectivity index (χ3n) is 8.35. The second kappa shape index (κ2) is 8.90. The molecule has 198 valence electrons. The zero-order valence-corrected chi connectivity index (χ0v) is 21.5. The van der Waals surface area contributed by atoms with Gasteiger partial charge in [0.15, 0.2) is 5.65 Å². The van der Waals surface area contributed by atoms with Gasteiger partial charge >= 0.3 is 5.97 Å². The molecular formula is C30H28FN5O3. The third-order valence-corrected chi connectivity index (χ3v) is 8.35. The summed E-state index contributed by atoms with van der Waals surface area (Å²) in [6.45, 7) is 3.43. The smallest absolute Gasteiger partial charge is 0.310 e. The summed E-state index contributed by atoms with van der Waals surface area (Å²) < 4.78 is 17.0. The molecule has 39 heavy (non-hydrogen) atoms. The van der Waals surface area contributed by atoms with E-state index in [1.165, 1.54) is 17.2 Å². The van der Waals surface area contributed by atoms with Crippen molar-refractivity contribution in [2.75, 3.05) is 24.5 Å². The van der Waals surface area contributed by atoms with E-state index in [4.69, 9.17) is 15.2 Å². The summed E-state index contributed by atoms with van der Waals surface area (Å²) in [6.07, 6.45) is 2.85. The zero-order chi connectivity index (χ0) is 26.8. The van der Waals surface area contributed by atoms with Crippen LogP contribution in [0.4, 0.5) is 10.1 Å². The predicted octanol–water partition coefficient (Wildman–Crippen LogP) is 4.69. The van der Waals surface area contributed by atoms with Crippen molar-refractivity contribution in [1.82, 2.24) is 19.5 Å². The largest absolute Gasteiger partial charge is 0.481 e. The van der Waals surface area contributed by atoms with Gasteiger partial charge in [0.05, 0.1) is 17.7 Å². The van der Waals surface area contributed by atoms with Crippen LogP contribution >= 0.6 is 0 Å². The van der Waals surface area contributed by atoms with Gasteiger partial charge in [-0.2, -0.15) is 5.10 Å². The molecule has 1 atom stereocenters. The number of aliphatic carboxylic acids is 1. The average Bonchev–Trinajstić information content (AvgIpc) is 3.65. The predicted molar refractivity (Wildman–Crippen MR) is 143 cm³/mol. The zero-order valence-electron chi connectivity index (χ0n) is 21.5. The molecule has 1 amide bonds. The lowest BCUT2D eigenvalue weighted by molar-refractivity contribution is -0.142. The van der Waals surface area contributed by atoms with E-state index in [0.29, 0.717) is 53.8 Å². The van der Waals surface area contributed by atoms with Crippen molar-refractivity contribution in [2.24, 2.45) is 5.92 Å². The van der Waals surface area contributed by atoms with Crippen LogP contribution in [-0.2, 0) is 11.2 Å². The summed E-state index contributed by atoms with van der Waals surface area (Å²) in [5, 5.41) is 13.8. The van der Waals surface area contributed by atoms with Crippen LogP contribution < -0.4 is 4.90 Å². The van der Waals surface area contributed by atoms with Crippen molar-refractivity contribution in [3.8, 4) is 11.3 Å². The SMILES string of the molecule is C[C@@H]1c2ccccc2CCN1C(=O)c1cc(C2CC2)n2nc(-c3ccc(N4CC(C(=O)O)C4)cc3F)cc2n1. The number of aromatic nitrogens is 3. The van der Waals surface area contributed by atoms with Crippen LogP contribution in [0.2, 0.25) is 0 Å².